The fourth-order valence-corrected chi connectivity index (χ4v) is 2.13. The second kappa shape index (κ2) is 3.66. The van der Waals surface area contributed by atoms with Crippen LogP contribution < -0.4 is 5.73 Å². The van der Waals surface area contributed by atoms with Crippen molar-refractivity contribution in [2.75, 3.05) is 7.05 Å². The predicted octanol–water partition coefficient (Wildman–Crippen LogP) is 1.23. The van der Waals surface area contributed by atoms with E-state index >= 15 is 0 Å². The zero-order chi connectivity index (χ0) is 11.0. The number of rotatable bonds is 1. The largest absolute Gasteiger partial charge is 0.337 e. The van der Waals surface area contributed by atoms with Gasteiger partial charge in [-0.25, -0.2) is 0 Å². The van der Waals surface area contributed by atoms with Gasteiger partial charge in [0.05, 0.1) is 6.04 Å². The molecule has 0 unspecified atom stereocenters. The highest BCUT2D eigenvalue weighted by atomic mass is 16.2. The van der Waals surface area contributed by atoms with Crippen LogP contribution in [0.15, 0.2) is 24.3 Å². The zero-order valence-electron chi connectivity index (χ0n) is 9.10. The monoisotopic (exact) mass is 204 g/mol. The molecule has 0 saturated carbocycles. The van der Waals surface area contributed by atoms with Crippen LogP contribution in [-0.2, 0) is 4.79 Å². The summed E-state index contributed by atoms with van der Waals surface area (Å²) in [5.41, 5.74) is 8.32. The Balaban J connectivity index is 2.30. The van der Waals surface area contributed by atoms with Crippen LogP contribution in [0.4, 0.5) is 0 Å². The molecule has 1 amide bonds. The SMILES string of the molecule is Cc1ccc([C@@H]2[C@@H](N)CC(=O)N2C)cc1. The van der Waals surface area contributed by atoms with Crippen LogP contribution in [0.2, 0.25) is 0 Å². The number of amides is 1. The minimum atomic E-state index is -0.0785. The molecule has 3 nitrogen and oxygen atoms in total. The maximum absolute atomic E-state index is 11.5. The molecule has 1 fully saturated rings. The van der Waals surface area contributed by atoms with Gasteiger partial charge < -0.3 is 10.6 Å². The maximum atomic E-state index is 11.5. The fraction of sp³-hybridized carbons (Fsp3) is 0.417. The van der Waals surface area contributed by atoms with Crippen LogP contribution in [0.5, 0.6) is 0 Å². The third kappa shape index (κ3) is 1.75. The fourth-order valence-electron chi connectivity index (χ4n) is 2.13. The van der Waals surface area contributed by atoms with Crippen LogP contribution >= 0.6 is 0 Å². The molecule has 3 heteroatoms. The number of nitrogens with two attached hydrogens (primary N) is 1. The number of hydrogen-bond donors (Lipinski definition) is 1. The lowest BCUT2D eigenvalue weighted by Crippen LogP contribution is -2.30. The standard InChI is InChI=1S/C12H16N2O/c1-8-3-5-9(6-4-8)12-10(13)7-11(15)14(12)2/h3-6,10,12H,7,13H2,1-2H3/t10-,12+/m0/s1. The van der Waals surface area contributed by atoms with Crippen molar-refractivity contribution < 1.29 is 4.79 Å². The molecule has 0 aromatic heterocycles. The Morgan fingerprint density at radius 1 is 1.33 bits per heavy atom. The van der Waals surface area contributed by atoms with Gasteiger partial charge >= 0.3 is 0 Å². The van der Waals surface area contributed by atoms with Gasteiger partial charge in [-0.2, -0.15) is 0 Å². The normalized spacial score (nSPS) is 26.1. The molecule has 1 aromatic carbocycles. The van der Waals surface area contributed by atoms with E-state index in [1.165, 1.54) is 5.56 Å². The highest BCUT2D eigenvalue weighted by Crippen LogP contribution is 2.30. The first kappa shape index (κ1) is 10.2. The van der Waals surface area contributed by atoms with Gasteiger partial charge in [0, 0.05) is 19.5 Å². The topological polar surface area (TPSA) is 46.3 Å². The molecule has 1 saturated heterocycles. The Hall–Kier alpha value is -1.35. The van der Waals surface area contributed by atoms with Gasteiger partial charge in [-0.3, -0.25) is 4.79 Å². The van der Waals surface area contributed by atoms with Gasteiger partial charge in [0.1, 0.15) is 0 Å². The van der Waals surface area contributed by atoms with Crippen molar-refractivity contribution in [3.05, 3.63) is 35.4 Å². The average Bonchev–Trinajstić information content (AvgIpc) is 2.44. The first-order chi connectivity index (χ1) is 7.09. The van der Waals surface area contributed by atoms with Crippen LogP contribution in [0.3, 0.4) is 0 Å². The number of carbonyl (C=O) groups is 1. The lowest BCUT2D eigenvalue weighted by molar-refractivity contribution is -0.127. The summed E-state index contributed by atoms with van der Waals surface area (Å²) in [5, 5.41) is 0. The van der Waals surface area contributed by atoms with E-state index in [1.807, 2.05) is 14.0 Å². The lowest BCUT2D eigenvalue weighted by Gasteiger charge is -2.23. The van der Waals surface area contributed by atoms with Crippen molar-refractivity contribution in [2.24, 2.45) is 5.73 Å². The van der Waals surface area contributed by atoms with Crippen LogP contribution in [0, 0.1) is 6.92 Å². The number of aryl methyl sites for hydroxylation is 1. The van der Waals surface area contributed by atoms with Crippen molar-refractivity contribution in [3.8, 4) is 0 Å². The Morgan fingerprint density at radius 3 is 2.40 bits per heavy atom. The van der Waals surface area contributed by atoms with Crippen molar-refractivity contribution in [1.29, 1.82) is 0 Å². The van der Waals surface area contributed by atoms with Crippen molar-refractivity contribution in [1.82, 2.24) is 4.90 Å². The van der Waals surface area contributed by atoms with E-state index in [-0.39, 0.29) is 18.0 Å². The summed E-state index contributed by atoms with van der Waals surface area (Å²) < 4.78 is 0. The van der Waals surface area contributed by atoms with Gasteiger partial charge in [-0.15, -0.1) is 0 Å². The number of hydrogen-bond acceptors (Lipinski definition) is 2. The summed E-state index contributed by atoms with van der Waals surface area (Å²) in [7, 11) is 1.82. The molecule has 0 aliphatic carbocycles. The van der Waals surface area contributed by atoms with E-state index in [1.54, 1.807) is 4.90 Å². The molecular weight excluding hydrogens is 188 g/mol. The van der Waals surface area contributed by atoms with E-state index in [2.05, 4.69) is 24.3 Å². The molecule has 2 atom stereocenters. The third-order valence-corrected chi connectivity index (χ3v) is 3.05. The van der Waals surface area contributed by atoms with E-state index in [0.717, 1.165) is 5.56 Å². The van der Waals surface area contributed by atoms with Crippen molar-refractivity contribution in [2.45, 2.75) is 25.4 Å². The number of carbonyl (C=O) groups excluding carboxylic acids is 1. The summed E-state index contributed by atoms with van der Waals surface area (Å²) in [6.45, 7) is 2.05. The van der Waals surface area contributed by atoms with Crippen molar-refractivity contribution >= 4 is 5.91 Å². The number of nitrogens with zero attached hydrogens (tertiary/aromatic N) is 1. The van der Waals surface area contributed by atoms with Gasteiger partial charge in [-0.05, 0) is 12.5 Å². The highest BCUT2D eigenvalue weighted by Gasteiger charge is 2.35. The van der Waals surface area contributed by atoms with Crippen LogP contribution in [0.1, 0.15) is 23.6 Å². The number of likely N-dealkylation sites (N-methyl/N-ethyl adjacent to an activating group) is 1. The Morgan fingerprint density at radius 2 is 1.93 bits per heavy atom. The molecule has 1 aromatic rings. The molecule has 1 aliphatic rings. The van der Waals surface area contributed by atoms with Gasteiger partial charge in [-0.1, -0.05) is 29.8 Å². The Kier molecular flexibility index (Phi) is 2.49. The molecular formula is C12H16N2O. The summed E-state index contributed by atoms with van der Waals surface area (Å²) in [4.78, 5) is 13.2. The Bertz CT molecular complexity index is 372. The number of benzene rings is 1. The molecule has 2 rings (SSSR count). The Labute approximate surface area is 89.9 Å². The minimum absolute atomic E-state index is 0.0399. The molecule has 2 N–H and O–H groups in total. The lowest BCUT2D eigenvalue weighted by atomic mass is 10.00. The van der Waals surface area contributed by atoms with Crippen LogP contribution in [-0.4, -0.2) is 23.9 Å². The minimum Gasteiger partial charge on any atom is -0.337 e. The molecule has 0 radical (unpaired) electrons. The average molecular weight is 204 g/mol. The van der Waals surface area contributed by atoms with E-state index in [0.29, 0.717) is 6.42 Å². The first-order valence-electron chi connectivity index (χ1n) is 5.17. The second-order valence-electron chi connectivity index (χ2n) is 4.23. The summed E-state index contributed by atoms with van der Waals surface area (Å²) in [5.74, 6) is 0.132. The van der Waals surface area contributed by atoms with Gasteiger partial charge in [0.15, 0.2) is 0 Å². The van der Waals surface area contributed by atoms with E-state index in [4.69, 9.17) is 5.73 Å². The predicted molar refractivity (Wildman–Crippen MR) is 59.3 cm³/mol. The molecule has 1 heterocycles. The molecule has 0 spiro atoms. The smallest absolute Gasteiger partial charge is 0.224 e. The molecule has 15 heavy (non-hydrogen) atoms. The second-order valence-corrected chi connectivity index (χ2v) is 4.23. The van der Waals surface area contributed by atoms with E-state index < -0.39 is 0 Å². The summed E-state index contributed by atoms with van der Waals surface area (Å²) in [6.07, 6.45) is 0.453. The number of likely N-dealkylation sites (tertiary alicyclic amines) is 1. The third-order valence-electron chi connectivity index (χ3n) is 3.05. The van der Waals surface area contributed by atoms with Gasteiger partial charge in [0.2, 0.25) is 5.91 Å². The quantitative estimate of drug-likeness (QED) is 0.747. The van der Waals surface area contributed by atoms with Crippen LogP contribution in [0.25, 0.3) is 0 Å². The molecule has 80 valence electrons. The molecule has 1 aliphatic heterocycles. The maximum Gasteiger partial charge on any atom is 0.224 e. The molecule has 0 bridgehead atoms. The first-order valence-corrected chi connectivity index (χ1v) is 5.17. The van der Waals surface area contributed by atoms with Crippen molar-refractivity contribution in [3.63, 3.8) is 0 Å². The highest BCUT2D eigenvalue weighted by molar-refractivity contribution is 5.80. The summed E-state index contributed by atoms with van der Waals surface area (Å²) in [6, 6.07) is 8.17. The summed E-state index contributed by atoms with van der Waals surface area (Å²) >= 11 is 0. The van der Waals surface area contributed by atoms with E-state index in [9.17, 15) is 4.79 Å². The van der Waals surface area contributed by atoms with Gasteiger partial charge in [0.25, 0.3) is 0 Å². The zero-order valence-corrected chi connectivity index (χ0v) is 9.10.